The second-order valence-electron chi connectivity index (χ2n) is 4.17. The molecule has 0 aliphatic heterocycles. The zero-order chi connectivity index (χ0) is 15.2. The van der Waals surface area contributed by atoms with Gasteiger partial charge in [-0.3, -0.25) is 4.79 Å². The summed E-state index contributed by atoms with van der Waals surface area (Å²) in [6.45, 7) is 2.36. The predicted molar refractivity (Wildman–Crippen MR) is 75.6 cm³/mol. The number of benzene rings is 1. The largest absolute Gasteiger partial charge is 0.495 e. The van der Waals surface area contributed by atoms with Gasteiger partial charge in [0, 0.05) is 10.7 Å². The number of esters is 1. The zero-order valence-electron chi connectivity index (χ0n) is 11.4. The van der Waals surface area contributed by atoms with Crippen LogP contribution >= 0.6 is 10.7 Å². The quantitative estimate of drug-likeness (QED) is 0.438. The highest BCUT2D eigenvalue weighted by atomic mass is 35.7. The number of carbonyl (C=O) groups excluding carboxylic acids is 1. The summed E-state index contributed by atoms with van der Waals surface area (Å²) in [6.07, 6.45) is 1.73. The molecule has 0 aromatic heterocycles. The second kappa shape index (κ2) is 7.50. The maximum absolute atomic E-state index is 11.6. The molecule has 1 aromatic rings. The van der Waals surface area contributed by atoms with Crippen molar-refractivity contribution in [2.45, 2.75) is 31.1 Å². The van der Waals surface area contributed by atoms with Gasteiger partial charge in [-0.1, -0.05) is 19.4 Å². The van der Waals surface area contributed by atoms with Crippen LogP contribution in [0.15, 0.2) is 23.1 Å². The van der Waals surface area contributed by atoms with Gasteiger partial charge in [-0.25, -0.2) is 8.42 Å². The summed E-state index contributed by atoms with van der Waals surface area (Å²) in [5.41, 5.74) is 0.506. The van der Waals surface area contributed by atoms with E-state index in [-0.39, 0.29) is 17.1 Å². The third-order valence-corrected chi connectivity index (χ3v) is 3.94. The number of hydrogen-bond donors (Lipinski definition) is 0. The number of carbonyl (C=O) groups is 1. The van der Waals surface area contributed by atoms with Crippen LogP contribution in [0.1, 0.15) is 25.3 Å². The minimum Gasteiger partial charge on any atom is -0.495 e. The van der Waals surface area contributed by atoms with E-state index in [0.717, 1.165) is 12.8 Å². The highest BCUT2D eigenvalue weighted by molar-refractivity contribution is 8.13. The van der Waals surface area contributed by atoms with Crippen molar-refractivity contribution in [3.05, 3.63) is 23.8 Å². The Hall–Kier alpha value is -1.27. The lowest BCUT2D eigenvalue weighted by Crippen LogP contribution is -2.09. The number of hydrogen-bond acceptors (Lipinski definition) is 5. The topological polar surface area (TPSA) is 69.7 Å². The van der Waals surface area contributed by atoms with Crippen molar-refractivity contribution in [2.24, 2.45) is 0 Å². The SMILES string of the molecule is CCCCOC(=O)Cc1ccc(OC)c(S(=O)(=O)Cl)c1. The van der Waals surface area contributed by atoms with Crippen LogP contribution < -0.4 is 4.74 Å². The molecule has 7 heteroatoms. The van der Waals surface area contributed by atoms with Crippen LogP contribution in [0, 0.1) is 0 Å². The van der Waals surface area contributed by atoms with E-state index in [1.54, 1.807) is 6.07 Å². The molecule has 5 nitrogen and oxygen atoms in total. The summed E-state index contributed by atoms with van der Waals surface area (Å²) in [5.74, 6) is -0.260. The van der Waals surface area contributed by atoms with E-state index in [2.05, 4.69) is 0 Å². The number of unbranched alkanes of at least 4 members (excludes halogenated alkanes) is 1. The highest BCUT2D eigenvalue weighted by Crippen LogP contribution is 2.28. The molecule has 1 rings (SSSR count). The van der Waals surface area contributed by atoms with Crippen LogP contribution in [0.25, 0.3) is 0 Å². The molecular weight excluding hydrogens is 304 g/mol. The van der Waals surface area contributed by atoms with Crippen molar-refractivity contribution in [3.63, 3.8) is 0 Å². The lowest BCUT2D eigenvalue weighted by molar-refractivity contribution is -0.142. The minimum atomic E-state index is -3.93. The van der Waals surface area contributed by atoms with Crippen LogP contribution in [0.4, 0.5) is 0 Å². The molecule has 0 N–H and O–H groups in total. The number of ether oxygens (including phenoxy) is 2. The van der Waals surface area contributed by atoms with E-state index in [1.807, 2.05) is 6.92 Å². The lowest BCUT2D eigenvalue weighted by Gasteiger charge is -2.08. The van der Waals surface area contributed by atoms with E-state index in [4.69, 9.17) is 20.2 Å². The Labute approximate surface area is 123 Å². The smallest absolute Gasteiger partial charge is 0.310 e. The Morgan fingerprint density at radius 1 is 1.35 bits per heavy atom. The molecule has 0 saturated carbocycles. The minimum absolute atomic E-state index is 0.00683. The molecule has 0 fully saturated rings. The van der Waals surface area contributed by atoms with Gasteiger partial charge in [-0.2, -0.15) is 0 Å². The van der Waals surface area contributed by atoms with E-state index in [1.165, 1.54) is 19.2 Å². The van der Waals surface area contributed by atoms with Gasteiger partial charge in [0.25, 0.3) is 9.05 Å². The maximum atomic E-state index is 11.6. The van der Waals surface area contributed by atoms with Gasteiger partial charge in [-0.05, 0) is 24.1 Å². The molecule has 0 unspecified atom stereocenters. The average molecular weight is 321 g/mol. The molecule has 112 valence electrons. The van der Waals surface area contributed by atoms with Gasteiger partial charge in [0.05, 0.1) is 20.1 Å². The standard InChI is InChI=1S/C13H17ClO5S/c1-3-4-7-19-13(15)9-10-5-6-11(18-2)12(8-10)20(14,16)17/h5-6,8H,3-4,7,9H2,1-2H3. The molecule has 0 aliphatic rings. The third kappa shape index (κ3) is 5.02. The van der Waals surface area contributed by atoms with Crippen LogP contribution in [0.2, 0.25) is 0 Å². The van der Waals surface area contributed by atoms with Gasteiger partial charge in [-0.15, -0.1) is 0 Å². The second-order valence-corrected chi connectivity index (χ2v) is 6.71. The van der Waals surface area contributed by atoms with Crippen LogP contribution in [0.5, 0.6) is 5.75 Å². The molecular formula is C13H17ClO5S. The fourth-order valence-corrected chi connectivity index (χ4v) is 2.62. The van der Waals surface area contributed by atoms with Crippen LogP contribution in [-0.4, -0.2) is 28.1 Å². The van der Waals surface area contributed by atoms with Gasteiger partial charge < -0.3 is 9.47 Å². The number of halogens is 1. The highest BCUT2D eigenvalue weighted by Gasteiger charge is 2.18. The first-order valence-corrected chi connectivity index (χ1v) is 8.46. The molecule has 20 heavy (non-hydrogen) atoms. The first-order valence-electron chi connectivity index (χ1n) is 6.15. The van der Waals surface area contributed by atoms with Crippen LogP contribution in [-0.2, 0) is 25.0 Å². The average Bonchev–Trinajstić information content (AvgIpc) is 2.38. The Balaban J connectivity index is 2.85. The van der Waals surface area contributed by atoms with Crippen molar-refractivity contribution in [1.82, 2.24) is 0 Å². The summed E-state index contributed by atoms with van der Waals surface area (Å²) in [4.78, 5) is 11.4. The summed E-state index contributed by atoms with van der Waals surface area (Å²) >= 11 is 0. The van der Waals surface area contributed by atoms with Gasteiger partial charge >= 0.3 is 5.97 Å². The summed E-state index contributed by atoms with van der Waals surface area (Å²) in [5, 5.41) is 0. The Kier molecular flexibility index (Phi) is 6.29. The van der Waals surface area contributed by atoms with Crippen molar-refractivity contribution in [1.29, 1.82) is 0 Å². The van der Waals surface area contributed by atoms with Crippen molar-refractivity contribution >= 4 is 25.7 Å². The Morgan fingerprint density at radius 2 is 2.05 bits per heavy atom. The summed E-state index contributed by atoms with van der Waals surface area (Å²) in [7, 11) is 2.75. The summed E-state index contributed by atoms with van der Waals surface area (Å²) in [6, 6.07) is 4.39. The maximum Gasteiger partial charge on any atom is 0.310 e. The molecule has 1 aromatic carbocycles. The molecule has 0 spiro atoms. The van der Waals surface area contributed by atoms with Gasteiger partial charge in [0.15, 0.2) is 0 Å². The fourth-order valence-electron chi connectivity index (χ4n) is 1.57. The van der Waals surface area contributed by atoms with Crippen molar-refractivity contribution in [3.8, 4) is 5.75 Å². The van der Waals surface area contributed by atoms with E-state index >= 15 is 0 Å². The van der Waals surface area contributed by atoms with E-state index < -0.39 is 15.0 Å². The molecule has 0 heterocycles. The van der Waals surface area contributed by atoms with Gasteiger partial charge in [0.2, 0.25) is 0 Å². The first kappa shape index (κ1) is 16.8. The van der Waals surface area contributed by atoms with E-state index in [0.29, 0.717) is 12.2 Å². The molecule has 0 radical (unpaired) electrons. The third-order valence-electron chi connectivity index (χ3n) is 2.60. The predicted octanol–water partition coefficient (Wildman–Crippen LogP) is 2.51. The monoisotopic (exact) mass is 320 g/mol. The van der Waals surface area contributed by atoms with Gasteiger partial charge in [0.1, 0.15) is 10.6 Å². The lowest BCUT2D eigenvalue weighted by atomic mass is 10.1. The molecule has 0 atom stereocenters. The van der Waals surface area contributed by atoms with Crippen molar-refractivity contribution in [2.75, 3.05) is 13.7 Å². The number of rotatable bonds is 7. The summed E-state index contributed by atoms with van der Waals surface area (Å²) < 4.78 is 32.8. The number of methoxy groups -OCH3 is 1. The fraction of sp³-hybridized carbons (Fsp3) is 0.462. The van der Waals surface area contributed by atoms with E-state index in [9.17, 15) is 13.2 Å². The Morgan fingerprint density at radius 3 is 2.60 bits per heavy atom. The molecule has 0 amide bonds. The first-order chi connectivity index (χ1) is 9.38. The van der Waals surface area contributed by atoms with Crippen LogP contribution in [0.3, 0.4) is 0 Å². The normalized spacial score (nSPS) is 11.2. The molecule has 0 aliphatic carbocycles. The van der Waals surface area contributed by atoms with Crippen molar-refractivity contribution < 1.29 is 22.7 Å². The molecule has 0 saturated heterocycles. The molecule has 0 bridgehead atoms. The Bertz CT molecular complexity index is 568. The zero-order valence-corrected chi connectivity index (χ0v) is 13.0.